The monoisotopic (exact) mass is 484 g/mol. The molecular formula is C26H33BrN2O2. The second-order valence-electron chi connectivity index (χ2n) is 11.0. The first kappa shape index (κ1) is 21.3. The Hall–Kier alpha value is -1.59. The summed E-state index contributed by atoms with van der Waals surface area (Å²) in [5, 5.41) is 4.02. The fraction of sp³-hybridized carbons (Fsp3) is 0.577. The van der Waals surface area contributed by atoms with Crippen LogP contribution in [0, 0.1) is 16.7 Å². The number of hydrogen-bond donors (Lipinski definition) is 1. The van der Waals surface area contributed by atoms with E-state index >= 15 is 0 Å². The minimum atomic E-state index is 0.290. The summed E-state index contributed by atoms with van der Waals surface area (Å²) >= 11 is 3.71. The number of benzene rings is 1. The van der Waals surface area contributed by atoms with Crippen LogP contribution >= 0.6 is 15.9 Å². The van der Waals surface area contributed by atoms with Crippen molar-refractivity contribution in [1.29, 1.82) is 0 Å². The van der Waals surface area contributed by atoms with Crippen LogP contribution in [0.15, 0.2) is 41.1 Å². The first-order chi connectivity index (χ1) is 14.8. The molecule has 1 aromatic heterocycles. The molecule has 1 aromatic carbocycles. The van der Waals surface area contributed by atoms with E-state index < -0.39 is 0 Å². The number of rotatable bonds is 7. The highest BCUT2D eigenvalue weighted by Crippen LogP contribution is 2.66. The highest BCUT2D eigenvalue weighted by molar-refractivity contribution is 9.10. The molecule has 2 atom stereocenters. The van der Waals surface area contributed by atoms with E-state index in [1.165, 1.54) is 44.1 Å². The van der Waals surface area contributed by atoms with E-state index in [0.717, 1.165) is 34.0 Å². The minimum absolute atomic E-state index is 0.290. The van der Waals surface area contributed by atoms with Gasteiger partial charge in [0.1, 0.15) is 6.61 Å². The zero-order chi connectivity index (χ0) is 21.7. The van der Waals surface area contributed by atoms with E-state index in [1.807, 2.05) is 18.3 Å². The lowest BCUT2D eigenvalue weighted by Gasteiger charge is -2.65. The molecule has 1 N–H and O–H groups in total. The maximum absolute atomic E-state index is 6.07. The molecule has 0 amide bonds. The van der Waals surface area contributed by atoms with Gasteiger partial charge < -0.3 is 14.8 Å². The van der Waals surface area contributed by atoms with Crippen molar-refractivity contribution in [2.75, 3.05) is 7.11 Å². The molecule has 2 unspecified atom stereocenters. The zero-order valence-electron chi connectivity index (χ0n) is 18.8. The van der Waals surface area contributed by atoms with E-state index in [0.29, 0.717) is 17.4 Å². The quantitative estimate of drug-likeness (QED) is 0.502. The molecule has 2 aromatic rings. The van der Waals surface area contributed by atoms with E-state index in [9.17, 15) is 0 Å². The van der Waals surface area contributed by atoms with Crippen LogP contribution in [0.25, 0.3) is 0 Å². The van der Waals surface area contributed by atoms with E-state index in [2.05, 4.69) is 52.2 Å². The summed E-state index contributed by atoms with van der Waals surface area (Å²) in [5.41, 5.74) is 3.58. The first-order valence-corrected chi connectivity index (χ1v) is 12.2. The Balaban J connectivity index is 1.31. The third-order valence-electron chi connectivity index (χ3n) is 7.69. The van der Waals surface area contributed by atoms with Gasteiger partial charge in [0.2, 0.25) is 0 Å². The second kappa shape index (κ2) is 7.77. The van der Waals surface area contributed by atoms with Crippen molar-refractivity contribution < 1.29 is 9.47 Å². The molecule has 1 heterocycles. The van der Waals surface area contributed by atoms with Gasteiger partial charge in [-0.25, -0.2) is 0 Å². The lowest BCUT2D eigenvalue weighted by atomic mass is 9.43. The van der Waals surface area contributed by atoms with Gasteiger partial charge in [0.05, 0.1) is 11.6 Å². The number of nitrogens with one attached hydrogen (secondary N) is 1. The minimum Gasteiger partial charge on any atom is -0.493 e. The van der Waals surface area contributed by atoms with Crippen LogP contribution in [0.5, 0.6) is 11.5 Å². The molecule has 166 valence electrons. The molecule has 0 aliphatic heterocycles. The molecule has 4 nitrogen and oxygen atoms in total. The Labute approximate surface area is 194 Å². The Morgan fingerprint density at radius 1 is 1.10 bits per heavy atom. The van der Waals surface area contributed by atoms with Crippen molar-refractivity contribution in [3.8, 4) is 11.5 Å². The van der Waals surface area contributed by atoms with Crippen LogP contribution in [-0.2, 0) is 13.2 Å². The Morgan fingerprint density at radius 3 is 2.52 bits per heavy atom. The summed E-state index contributed by atoms with van der Waals surface area (Å²) in [6.07, 6.45) is 11.8. The van der Waals surface area contributed by atoms with Crippen molar-refractivity contribution >= 4 is 15.9 Å². The van der Waals surface area contributed by atoms with Gasteiger partial charge in [-0.3, -0.25) is 4.98 Å². The molecule has 4 aliphatic rings. The Kier molecular flexibility index (Phi) is 5.33. The number of methoxy groups -OCH3 is 1. The molecular weight excluding hydrogens is 452 g/mol. The van der Waals surface area contributed by atoms with Gasteiger partial charge in [-0.1, -0.05) is 19.9 Å². The third-order valence-corrected chi connectivity index (χ3v) is 8.28. The number of nitrogens with zero attached hydrogens (tertiary/aromatic N) is 1. The van der Waals surface area contributed by atoms with Gasteiger partial charge in [0, 0.05) is 30.0 Å². The average molecular weight is 485 g/mol. The average Bonchev–Trinajstić information content (AvgIpc) is 2.69. The molecule has 4 aliphatic carbocycles. The molecule has 4 bridgehead atoms. The standard InChI is InChI=1S/C26H33BrN2O2/c1-24-9-20-10-25(2,15-24)17-26(11-20,16-24)29-13-19-7-21(27)23(22(8-19)30-3)31-14-18-5-4-6-28-12-18/h4-8,12,20,29H,9-11,13-17H2,1-3H3. The molecule has 0 spiro atoms. The zero-order valence-corrected chi connectivity index (χ0v) is 20.4. The number of hydrogen-bond acceptors (Lipinski definition) is 4. The van der Waals surface area contributed by atoms with Gasteiger partial charge in [-0.2, -0.15) is 0 Å². The van der Waals surface area contributed by atoms with Gasteiger partial charge in [-0.05, 0) is 95.0 Å². The molecule has 0 radical (unpaired) electrons. The molecule has 31 heavy (non-hydrogen) atoms. The number of halogens is 1. The summed E-state index contributed by atoms with van der Waals surface area (Å²) in [6, 6.07) is 8.21. The topological polar surface area (TPSA) is 43.4 Å². The number of pyridine rings is 1. The van der Waals surface area contributed by atoms with Gasteiger partial charge in [0.25, 0.3) is 0 Å². The van der Waals surface area contributed by atoms with E-state index in [4.69, 9.17) is 9.47 Å². The molecule has 6 rings (SSSR count). The smallest absolute Gasteiger partial charge is 0.175 e. The summed E-state index contributed by atoms with van der Waals surface area (Å²) in [4.78, 5) is 4.16. The van der Waals surface area contributed by atoms with E-state index in [-0.39, 0.29) is 5.54 Å². The second-order valence-corrected chi connectivity index (χ2v) is 11.9. The van der Waals surface area contributed by atoms with Crippen LogP contribution in [-0.4, -0.2) is 17.6 Å². The number of ether oxygens (including phenoxy) is 2. The summed E-state index contributed by atoms with van der Waals surface area (Å²) < 4.78 is 12.7. The van der Waals surface area contributed by atoms with Crippen molar-refractivity contribution in [1.82, 2.24) is 10.3 Å². The Morgan fingerprint density at radius 2 is 1.87 bits per heavy atom. The van der Waals surface area contributed by atoms with Gasteiger partial charge in [0.15, 0.2) is 11.5 Å². The predicted molar refractivity (Wildman–Crippen MR) is 126 cm³/mol. The fourth-order valence-electron chi connectivity index (χ4n) is 7.59. The molecule has 0 saturated heterocycles. The summed E-state index contributed by atoms with van der Waals surface area (Å²) in [6.45, 7) is 6.37. The summed E-state index contributed by atoms with van der Waals surface area (Å²) in [7, 11) is 1.71. The predicted octanol–water partition coefficient (Wildman–Crippen LogP) is 6.27. The summed E-state index contributed by atoms with van der Waals surface area (Å²) in [5.74, 6) is 2.40. The fourth-order valence-corrected chi connectivity index (χ4v) is 8.19. The van der Waals surface area contributed by atoms with Crippen LogP contribution < -0.4 is 14.8 Å². The van der Waals surface area contributed by atoms with Crippen molar-refractivity contribution in [2.45, 2.75) is 71.1 Å². The van der Waals surface area contributed by atoms with Crippen molar-refractivity contribution in [2.24, 2.45) is 16.7 Å². The van der Waals surface area contributed by atoms with Crippen LogP contribution in [0.3, 0.4) is 0 Å². The van der Waals surface area contributed by atoms with Crippen molar-refractivity contribution in [3.05, 3.63) is 52.3 Å². The number of aromatic nitrogens is 1. The van der Waals surface area contributed by atoms with Gasteiger partial charge in [-0.15, -0.1) is 0 Å². The normalized spacial score (nSPS) is 33.5. The maximum Gasteiger partial charge on any atom is 0.175 e. The largest absolute Gasteiger partial charge is 0.493 e. The maximum atomic E-state index is 6.07. The van der Waals surface area contributed by atoms with E-state index in [1.54, 1.807) is 13.3 Å². The Bertz CT molecular complexity index is 945. The highest BCUT2D eigenvalue weighted by atomic mass is 79.9. The van der Waals surface area contributed by atoms with Crippen LogP contribution in [0.1, 0.15) is 63.5 Å². The third kappa shape index (κ3) is 4.23. The van der Waals surface area contributed by atoms with Crippen LogP contribution in [0.4, 0.5) is 0 Å². The van der Waals surface area contributed by atoms with Crippen molar-refractivity contribution in [3.63, 3.8) is 0 Å². The first-order valence-electron chi connectivity index (χ1n) is 11.4. The highest BCUT2D eigenvalue weighted by Gasteiger charge is 2.59. The molecule has 5 heteroatoms. The SMILES string of the molecule is COc1cc(CNC23CC4CC(C)(CC(C)(C4)C2)C3)cc(Br)c1OCc1cccnc1. The lowest BCUT2D eigenvalue weighted by Crippen LogP contribution is -2.63. The lowest BCUT2D eigenvalue weighted by molar-refractivity contribution is -0.118. The molecule has 4 fully saturated rings. The van der Waals surface area contributed by atoms with Crippen LogP contribution in [0.2, 0.25) is 0 Å². The van der Waals surface area contributed by atoms with Gasteiger partial charge >= 0.3 is 0 Å². The molecule has 4 saturated carbocycles.